The van der Waals surface area contributed by atoms with Gasteiger partial charge in [-0.3, -0.25) is 10.1 Å². The molecule has 0 spiro atoms. The minimum atomic E-state index is -0.560. The molecule has 0 aliphatic heterocycles. The summed E-state index contributed by atoms with van der Waals surface area (Å²) in [5.41, 5.74) is 6.93. The van der Waals surface area contributed by atoms with E-state index in [2.05, 4.69) is 15.3 Å². The normalized spacial score (nSPS) is 10.1. The molecule has 0 bridgehead atoms. The molecule has 0 aliphatic rings. The van der Waals surface area contributed by atoms with Gasteiger partial charge in [-0.05, 0) is 24.3 Å². The van der Waals surface area contributed by atoms with Crippen LogP contribution in [0.25, 0.3) is 0 Å². The number of benzene rings is 1. The van der Waals surface area contributed by atoms with Gasteiger partial charge in [-0.2, -0.15) is 4.98 Å². The molecule has 3 N–H and O–H groups in total. The summed E-state index contributed by atoms with van der Waals surface area (Å²) in [5, 5.41) is 13.8. The lowest BCUT2D eigenvalue weighted by molar-refractivity contribution is -0.384. The zero-order valence-electron chi connectivity index (χ0n) is 11.1. The molecule has 0 radical (unpaired) electrons. The minimum Gasteiger partial charge on any atom is -0.378 e. The van der Waals surface area contributed by atoms with E-state index < -0.39 is 4.92 Å². The zero-order chi connectivity index (χ0) is 14.7. The number of nitro groups is 1. The number of anilines is 4. The first-order valence-electron chi connectivity index (χ1n) is 5.78. The highest BCUT2D eigenvalue weighted by atomic mass is 16.6. The van der Waals surface area contributed by atoms with E-state index in [9.17, 15) is 10.1 Å². The third-order valence-electron chi connectivity index (χ3n) is 2.63. The quantitative estimate of drug-likeness (QED) is 0.645. The molecule has 2 rings (SSSR count). The zero-order valence-corrected chi connectivity index (χ0v) is 11.1. The van der Waals surface area contributed by atoms with Crippen LogP contribution in [-0.2, 0) is 0 Å². The van der Waals surface area contributed by atoms with Gasteiger partial charge >= 0.3 is 5.69 Å². The van der Waals surface area contributed by atoms with Crippen molar-refractivity contribution in [3.05, 3.63) is 40.6 Å². The largest absolute Gasteiger partial charge is 0.378 e. The molecule has 104 valence electrons. The molecule has 0 amide bonds. The fraction of sp³-hybridized carbons (Fsp3) is 0.167. The first-order chi connectivity index (χ1) is 9.47. The van der Waals surface area contributed by atoms with Crippen molar-refractivity contribution in [1.82, 2.24) is 9.97 Å². The van der Waals surface area contributed by atoms with E-state index in [1.54, 1.807) is 12.1 Å². The predicted octanol–water partition coefficient (Wildman–Crippen LogP) is 1.78. The Morgan fingerprint density at radius 1 is 1.30 bits per heavy atom. The van der Waals surface area contributed by atoms with E-state index in [0.717, 1.165) is 11.9 Å². The summed E-state index contributed by atoms with van der Waals surface area (Å²) in [5.74, 6) is 0.0446. The summed E-state index contributed by atoms with van der Waals surface area (Å²) in [6.45, 7) is 0. The summed E-state index contributed by atoms with van der Waals surface area (Å²) in [6.07, 6.45) is 1.08. The number of nitrogens with two attached hydrogens (primary N) is 1. The first kappa shape index (κ1) is 13.5. The Hall–Kier alpha value is -2.90. The van der Waals surface area contributed by atoms with Gasteiger partial charge in [0.1, 0.15) is 6.20 Å². The highest BCUT2D eigenvalue weighted by Gasteiger charge is 2.16. The average molecular weight is 274 g/mol. The number of nitrogens with zero attached hydrogens (tertiary/aromatic N) is 4. The van der Waals surface area contributed by atoms with Gasteiger partial charge in [0.05, 0.1) is 4.92 Å². The molecule has 1 heterocycles. The topological polar surface area (TPSA) is 110 Å². The maximum Gasteiger partial charge on any atom is 0.329 e. The van der Waals surface area contributed by atoms with Crippen molar-refractivity contribution in [2.45, 2.75) is 0 Å². The second-order valence-corrected chi connectivity index (χ2v) is 4.29. The molecule has 8 nitrogen and oxygen atoms in total. The monoisotopic (exact) mass is 274 g/mol. The third-order valence-corrected chi connectivity index (χ3v) is 2.63. The Balaban J connectivity index is 2.29. The minimum absolute atomic E-state index is 0.0250. The lowest BCUT2D eigenvalue weighted by atomic mass is 10.2. The molecule has 20 heavy (non-hydrogen) atoms. The molecule has 0 unspecified atom stereocenters. The lowest BCUT2D eigenvalue weighted by Crippen LogP contribution is -2.08. The highest BCUT2D eigenvalue weighted by Crippen LogP contribution is 2.26. The number of hydrogen-bond donors (Lipinski definition) is 2. The van der Waals surface area contributed by atoms with E-state index in [1.165, 1.54) is 0 Å². The summed E-state index contributed by atoms with van der Waals surface area (Å²) in [7, 11) is 3.86. The van der Waals surface area contributed by atoms with Crippen molar-refractivity contribution in [3.63, 3.8) is 0 Å². The molecule has 2 aromatic rings. The number of nitrogens with one attached hydrogen (secondary N) is 1. The van der Waals surface area contributed by atoms with Crippen LogP contribution in [0.1, 0.15) is 0 Å². The van der Waals surface area contributed by atoms with Crippen molar-refractivity contribution in [2.24, 2.45) is 0 Å². The molecule has 8 heteroatoms. The number of hydrogen-bond acceptors (Lipinski definition) is 7. The van der Waals surface area contributed by atoms with Gasteiger partial charge in [0.25, 0.3) is 0 Å². The molecular weight excluding hydrogens is 260 g/mol. The van der Waals surface area contributed by atoms with Gasteiger partial charge in [0.2, 0.25) is 11.8 Å². The fourth-order valence-corrected chi connectivity index (χ4v) is 1.59. The Morgan fingerprint density at radius 3 is 2.50 bits per heavy atom. The summed E-state index contributed by atoms with van der Waals surface area (Å²) in [4.78, 5) is 19.8. The lowest BCUT2D eigenvalue weighted by Gasteiger charge is -2.13. The Morgan fingerprint density at radius 2 is 1.95 bits per heavy atom. The first-order valence-corrected chi connectivity index (χ1v) is 5.78. The second kappa shape index (κ2) is 5.39. The maximum absolute atomic E-state index is 10.9. The fourth-order valence-electron chi connectivity index (χ4n) is 1.59. The molecule has 0 saturated heterocycles. The van der Waals surface area contributed by atoms with Crippen molar-refractivity contribution < 1.29 is 4.92 Å². The van der Waals surface area contributed by atoms with Crippen LogP contribution >= 0.6 is 0 Å². The van der Waals surface area contributed by atoms with Crippen LogP contribution < -0.4 is 16.0 Å². The van der Waals surface area contributed by atoms with Crippen LogP contribution in [0.15, 0.2) is 30.5 Å². The second-order valence-electron chi connectivity index (χ2n) is 4.29. The van der Waals surface area contributed by atoms with E-state index in [4.69, 9.17) is 5.73 Å². The molecule has 0 fully saturated rings. The molecule has 1 aromatic heterocycles. The standard InChI is InChI=1S/C12H14N6O2/c1-17(2)9-5-3-8(4-6-9)15-11-10(18(19)20)7-14-12(13)16-11/h3-7H,1-2H3,(H3,13,14,15,16). The van der Waals surface area contributed by atoms with Gasteiger partial charge in [-0.1, -0.05) is 0 Å². The van der Waals surface area contributed by atoms with Gasteiger partial charge in [-0.15, -0.1) is 0 Å². The molecule has 0 atom stereocenters. The van der Waals surface area contributed by atoms with E-state index in [0.29, 0.717) is 5.69 Å². The summed E-state index contributed by atoms with van der Waals surface area (Å²) in [6, 6.07) is 7.38. The maximum atomic E-state index is 10.9. The van der Waals surface area contributed by atoms with Crippen LogP contribution in [-0.4, -0.2) is 29.0 Å². The Bertz CT molecular complexity index is 626. The predicted molar refractivity (Wildman–Crippen MR) is 77.2 cm³/mol. The van der Waals surface area contributed by atoms with Crippen LogP contribution in [0.4, 0.5) is 28.8 Å². The van der Waals surface area contributed by atoms with Crippen LogP contribution in [0.2, 0.25) is 0 Å². The van der Waals surface area contributed by atoms with Gasteiger partial charge in [-0.25, -0.2) is 4.98 Å². The summed E-state index contributed by atoms with van der Waals surface area (Å²) < 4.78 is 0. The number of aromatic nitrogens is 2. The molecule has 0 saturated carbocycles. The van der Waals surface area contributed by atoms with E-state index in [-0.39, 0.29) is 17.5 Å². The van der Waals surface area contributed by atoms with E-state index >= 15 is 0 Å². The number of rotatable bonds is 4. The Kier molecular flexibility index (Phi) is 3.65. The van der Waals surface area contributed by atoms with Crippen molar-refractivity contribution >= 4 is 28.8 Å². The number of nitrogen functional groups attached to an aromatic ring is 1. The Labute approximate surface area is 115 Å². The van der Waals surface area contributed by atoms with Crippen LogP contribution in [0.5, 0.6) is 0 Å². The van der Waals surface area contributed by atoms with Gasteiger partial charge in [0.15, 0.2) is 0 Å². The SMILES string of the molecule is CN(C)c1ccc(Nc2nc(N)ncc2[N+](=O)[O-])cc1. The smallest absolute Gasteiger partial charge is 0.329 e. The molecular formula is C12H14N6O2. The van der Waals surface area contributed by atoms with Gasteiger partial charge in [0, 0.05) is 25.5 Å². The third kappa shape index (κ3) is 2.91. The van der Waals surface area contributed by atoms with E-state index in [1.807, 2.05) is 31.1 Å². The molecule has 1 aromatic carbocycles. The van der Waals surface area contributed by atoms with Crippen molar-refractivity contribution in [3.8, 4) is 0 Å². The summed E-state index contributed by atoms with van der Waals surface area (Å²) >= 11 is 0. The molecule has 0 aliphatic carbocycles. The average Bonchev–Trinajstić information content (AvgIpc) is 2.39. The van der Waals surface area contributed by atoms with Crippen molar-refractivity contribution in [2.75, 3.05) is 30.0 Å². The highest BCUT2D eigenvalue weighted by molar-refractivity contribution is 5.67. The van der Waals surface area contributed by atoms with Crippen LogP contribution in [0, 0.1) is 10.1 Å². The van der Waals surface area contributed by atoms with Gasteiger partial charge < -0.3 is 16.0 Å². The van der Waals surface area contributed by atoms with Crippen molar-refractivity contribution in [1.29, 1.82) is 0 Å². The van der Waals surface area contributed by atoms with Crippen LogP contribution in [0.3, 0.4) is 0 Å².